The van der Waals surface area contributed by atoms with Gasteiger partial charge in [0.05, 0.1) is 11.6 Å². The molecular weight excluding hydrogens is 254 g/mol. The van der Waals surface area contributed by atoms with Gasteiger partial charge in [-0.1, -0.05) is 6.92 Å². The van der Waals surface area contributed by atoms with Crippen LogP contribution in [0.2, 0.25) is 0 Å². The zero-order valence-corrected chi connectivity index (χ0v) is 11.0. The zero-order chi connectivity index (χ0) is 13.4. The van der Waals surface area contributed by atoms with Crippen LogP contribution in [0.1, 0.15) is 28.8 Å². The molecular formula is C11H17N3O3S. The molecule has 0 aliphatic carbocycles. The van der Waals surface area contributed by atoms with Crippen LogP contribution >= 0.6 is 11.3 Å². The zero-order valence-electron chi connectivity index (χ0n) is 10.2. The van der Waals surface area contributed by atoms with Gasteiger partial charge in [-0.05, 0) is 13.0 Å². The highest BCUT2D eigenvalue weighted by Crippen LogP contribution is 2.09. The SMILES string of the molecule is CCCNCC(=O)NCCc1nc(C(=O)O)cs1. The fourth-order valence-electron chi connectivity index (χ4n) is 1.27. The lowest BCUT2D eigenvalue weighted by atomic mass is 10.4. The Morgan fingerprint density at radius 3 is 2.83 bits per heavy atom. The van der Waals surface area contributed by atoms with Crippen molar-refractivity contribution < 1.29 is 14.7 Å². The second-order valence-electron chi connectivity index (χ2n) is 3.71. The number of nitrogens with one attached hydrogen (secondary N) is 2. The molecule has 0 saturated carbocycles. The summed E-state index contributed by atoms with van der Waals surface area (Å²) in [6, 6.07) is 0. The molecule has 3 N–H and O–H groups in total. The Morgan fingerprint density at radius 2 is 2.22 bits per heavy atom. The largest absolute Gasteiger partial charge is 0.476 e. The van der Waals surface area contributed by atoms with E-state index in [0.717, 1.165) is 13.0 Å². The highest BCUT2D eigenvalue weighted by atomic mass is 32.1. The van der Waals surface area contributed by atoms with Gasteiger partial charge in [-0.25, -0.2) is 9.78 Å². The molecule has 0 radical (unpaired) electrons. The van der Waals surface area contributed by atoms with Crippen molar-refractivity contribution >= 4 is 23.2 Å². The molecule has 1 aromatic rings. The number of aromatic carboxylic acids is 1. The number of hydrogen-bond acceptors (Lipinski definition) is 5. The van der Waals surface area contributed by atoms with Crippen LogP contribution in [0.25, 0.3) is 0 Å². The predicted octanol–water partition coefficient (Wildman–Crippen LogP) is 0.500. The second kappa shape index (κ2) is 7.78. The van der Waals surface area contributed by atoms with Crippen molar-refractivity contribution in [1.82, 2.24) is 15.6 Å². The van der Waals surface area contributed by atoms with Crippen LogP contribution in [-0.4, -0.2) is 41.6 Å². The molecule has 0 bridgehead atoms. The number of carbonyl (C=O) groups is 2. The highest BCUT2D eigenvalue weighted by molar-refractivity contribution is 7.09. The molecule has 0 aromatic carbocycles. The number of hydrogen-bond donors (Lipinski definition) is 3. The van der Waals surface area contributed by atoms with Crippen molar-refractivity contribution in [2.24, 2.45) is 0 Å². The van der Waals surface area contributed by atoms with E-state index in [1.165, 1.54) is 16.7 Å². The normalized spacial score (nSPS) is 10.3. The van der Waals surface area contributed by atoms with Gasteiger partial charge in [0.25, 0.3) is 0 Å². The number of carbonyl (C=O) groups excluding carboxylic acids is 1. The molecule has 1 amide bonds. The molecule has 100 valence electrons. The van der Waals surface area contributed by atoms with E-state index < -0.39 is 5.97 Å². The number of thiazole rings is 1. The molecule has 1 heterocycles. The number of carboxylic acids is 1. The molecule has 0 unspecified atom stereocenters. The van der Waals surface area contributed by atoms with Gasteiger partial charge in [0.15, 0.2) is 5.69 Å². The molecule has 1 rings (SSSR count). The first-order valence-corrected chi connectivity index (χ1v) is 6.66. The van der Waals surface area contributed by atoms with Crippen LogP contribution in [0.4, 0.5) is 0 Å². The fourth-order valence-corrected chi connectivity index (χ4v) is 2.05. The average molecular weight is 271 g/mol. The van der Waals surface area contributed by atoms with E-state index in [4.69, 9.17) is 5.11 Å². The lowest BCUT2D eigenvalue weighted by Crippen LogP contribution is -2.35. The van der Waals surface area contributed by atoms with E-state index in [2.05, 4.69) is 15.6 Å². The Bertz CT molecular complexity index is 406. The monoisotopic (exact) mass is 271 g/mol. The minimum absolute atomic E-state index is 0.0570. The first-order chi connectivity index (χ1) is 8.63. The maximum absolute atomic E-state index is 11.3. The maximum atomic E-state index is 11.3. The predicted molar refractivity (Wildman–Crippen MR) is 68.9 cm³/mol. The summed E-state index contributed by atoms with van der Waals surface area (Å²) < 4.78 is 0. The van der Waals surface area contributed by atoms with Crippen molar-refractivity contribution in [3.8, 4) is 0 Å². The first kappa shape index (κ1) is 14.6. The van der Waals surface area contributed by atoms with Gasteiger partial charge in [0.2, 0.25) is 5.91 Å². The molecule has 1 aromatic heterocycles. The summed E-state index contributed by atoms with van der Waals surface area (Å²) in [6.07, 6.45) is 1.54. The van der Waals surface area contributed by atoms with Gasteiger partial charge in [-0.15, -0.1) is 11.3 Å². The Kier molecular flexibility index (Phi) is 6.31. The Morgan fingerprint density at radius 1 is 1.44 bits per heavy atom. The Balaban J connectivity index is 2.20. The summed E-state index contributed by atoms with van der Waals surface area (Å²) in [5, 5.41) is 16.7. The molecule has 6 nitrogen and oxygen atoms in total. The molecule has 0 fully saturated rings. The van der Waals surface area contributed by atoms with Crippen molar-refractivity contribution in [1.29, 1.82) is 0 Å². The van der Waals surface area contributed by atoms with Gasteiger partial charge < -0.3 is 15.7 Å². The standard InChI is InChI=1S/C11H17N3O3S/c1-2-4-12-6-9(15)13-5-3-10-14-8(7-18-10)11(16)17/h7,12H,2-6H2,1H3,(H,13,15)(H,16,17). The minimum atomic E-state index is -1.02. The van der Waals surface area contributed by atoms with Crippen molar-refractivity contribution in [2.75, 3.05) is 19.6 Å². The van der Waals surface area contributed by atoms with Gasteiger partial charge in [-0.3, -0.25) is 4.79 Å². The third-order valence-corrected chi connectivity index (χ3v) is 3.05. The topological polar surface area (TPSA) is 91.3 Å². The first-order valence-electron chi connectivity index (χ1n) is 5.78. The lowest BCUT2D eigenvalue weighted by Gasteiger charge is -2.04. The highest BCUT2D eigenvalue weighted by Gasteiger charge is 2.08. The van der Waals surface area contributed by atoms with E-state index in [0.29, 0.717) is 24.5 Å². The summed E-state index contributed by atoms with van der Waals surface area (Å²) in [6.45, 7) is 3.64. The van der Waals surface area contributed by atoms with Crippen LogP contribution < -0.4 is 10.6 Å². The molecule has 0 atom stereocenters. The summed E-state index contributed by atoms with van der Waals surface area (Å²) in [7, 11) is 0. The van der Waals surface area contributed by atoms with Gasteiger partial charge in [-0.2, -0.15) is 0 Å². The van der Waals surface area contributed by atoms with Crippen LogP contribution in [0.5, 0.6) is 0 Å². The van der Waals surface area contributed by atoms with E-state index in [1.54, 1.807) is 0 Å². The van der Waals surface area contributed by atoms with Crippen LogP contribution in [-0.2, 0) is 11.2 Å². The molecule has 0 aliphatic rings. The van der Waals surface area contributed by atoms with Crippen molar-refractivity contribution in [3.63, 3.8) is 0 Å². The summed E-state index contributed by atoms with van der Waals surface area (Å²) >= 11 is 1.29. The van der Waals surface area contributed by atoms with Crippen molar-refractivity contribution in [2.45, 2.75) is 19.8 Å². The number of rotatable bonds is 8. The van der Waals surface area contributed by atoms with E-state index in [9.17, 15) is 9.59 Å². The second-order valence-corrected chi connectivity index (χ2v) is 4.65. The van der Waals surface area contributed by atoms with E-state index in [-0.39, 0.29) is 11.6 Å². The number of nitrogens with zero attached hydrogens (tertiary/aromatic N) is 1. The average Bonchev–Trinajstić information content (AvgIpc) is 2.78. The smallest absolute Gasteiger partial charge is 0.355 e. The number of carboxylic acid groups (broad SMARTS) is 1. The summed E-state index contributed by atoms with van der Waals surface area (Å²) in [5.74, 6) is -1.08. The van der Waals surface area contributed by atoms with Gasteiger partial charge in [0, 0.05) is 18.3 Å². The quantitative estimate of drug-likeness (QED) is 0.599. The molecule has 0 aliphatic heterocycles. The molecule has 0 saturated heterocycles. The van der Waals surface area contributed by atoms with E-state index in [1.807, 2.05) is 6.92 Å². The number of amides is 1. The third kappa shape index (κ3) is 5.24. The Labute approximate surface area is 109 Å². The third-order valence-electron chi connectivity index (χ3n) is 2.14. The summed E-state index contributed by atoms with van der Waals surface area (Å²) in [5.41, 5.74) is 0.0611. The lowest BCUT2D eigenvalue weighted by molar-refractivity contribution is -0.120. The van der Waals surface area contributed by atoms with Crippen LogP contribution in [0.3, 0.4) is 0 Å². The Hall–Kier alpha value is -1.47. The van der Waals surface area contributed by atoms with Crippen LogP contribution in [0, 0.1) is 0 Å². The minimum Gasteiger partial charge on any atom is -0.476 e. The van der Waals surface area contributed by atoms with Crippen LogP contribution in [0.15, 0.2) is 5.38 Å². The summed E-state index contributed by atoms with van der Waals surface area (Å²) in [4.78, 5) is 25.9. The molecule has 18 heavy (non-hydrogen) atoms. The van der Waals surface area contributed by atoms with Gasteiger partial charge in [0.1, 0.15) is 0 Å². The van der Waals surface area contributed by atoms with E-state index >= 15 is 0 Å². The van der Waals surface area contributed by atoms with Gasteiger partial charge >= 0.3 is 5.97 Å². The fraction of sp³-hybridized carbons (Fsp3) is 0.545. The maximum Gasteiger partial charge on any atom is 0.355 e. The molecule has 7 heteroatoms. The molecule has 0 spiro atoms. The number of aromatic nitrogens is 1. The van der Waals surface area contributed by atoms with Crippen molar-refractivity contribution in [3.05, 3.63) is 16.1 Å².